The van der Waals surface area contributed by atoms with Gasteiger partial charge in [-0.1, -0.05) is 12.1 Å². The van der Waals surface area contributed by atoms with Gasteiger partial charge in [0.15, 0.2) is 0 Å². The molecule has 0 bridgehead atoms. The van der Waals surface area contributed by atoms with Crippen LogP contribution >= 0.6 is 11.8 Å². The number of rotatable bonds is 5. The van der Waals surface area contributed by atoms with Gasteiger partial charge in [-0.2, -0.15) is 0 Å². The normalized spacial score (nSPS) is 10.4. The second-order valence-electron chi connectivity index (χ2n) is 4.08. The molecule has 110 valence electrons. The molecule has 0 amide bonds. The molecule has 0 heterocycles. The van der Waals surface area contributed by atoms with Gasteiger partial charge in [-0.15, -0.1) is 11.8 Å². The number of nitro benzene ring substituents is 1. The summed E-state index contributed by atoms with van der Waals surface area (Å²) in [6.45, 7) is 0. The molecule has 2 aromatic carbocycles. The monoisotopic (exact) mass is 311 g/mol. The second kappa shape index (κ2) is 6.51. The number of anilines is 1. The van der Waals surface area contributed by atoms with Crippen LogP contribution in [0, 0.1) is 21.7 Å². The fraction of sp³-hybridized carbons (Fsp3) is 0.0769. The molecule has 21 heavy (non-hydrogen) atoms. The average Bonchev–Trinajstić information content (AvgIpc) is 2.47. The van der Waals surface area contributed by atoms with Gasteiger partial charge in [0.05, 0.1) is 4.92 Å². The number of hydrogen-bond acceptors (Lipinski definition) is 5. The Morgan fingerprint density at radius 1 is 1.29 bits per heavy atom. The third-order valence-electron chi connectivity index (χ3n) is 2.75. The van der Waals surface area contributed by atoms with Crippen molar-refractivity contribution in [2.75, 3.05) is 5.43 Å². The van der Waals surface area contributed by atoms with Gasteiger partial charge in [0, 0.05) is 16.7 Å². The van der Waals surface area contributed by atoms with Gasteiger partial charge < -0.3 is 5.43 Å². The van der Waals surface area contributed by atoms with E-state index in [0.717, 1.165) is 30.0 Å². The molecule has 0 spiro atoms. The van der Waals surface area contributed by atoms with Crippen LogP contribution < -0.4 is 11.3 Å². The number of para-hydroxylation sites is 1. The van der Waals surface area contributed by atoms with Crippen molar-refractivity contribution in [2.45, 2.75) is 10.6 Å². The summed E-state index contributed by atoms with van der Waals surface area (Å²) >= 11 is 1.03. The first kappa shape index (κ1) is 15.2. The van der Waals surface area contributed by atoms with Crippen molar-refractivity contribution >= 4 is 23.1 Å². The van der Waals surface area contributed by atoms with E-state index in [1.807, 2.05) is 0 Å². The fourth-order valence-electron chi connectivity index (χ4n) is 1.77. The van der Waals surface area contributed by atoms with Crippen LogP contribution in [0.5, 0.6) is 0 Å². The molecule has 3 N–H and O–H groups in total. The SMILES string of the molecule is NNc1c(CSc2cc(F)ccc2F)cccc1[N+](=O)[O-]. The van der Waals surface area contributed by atoms with Crippen molar-refractivity contribution in [3.05, 3.63) is 63.7 Å². The average molecular weight is 311 g/mol. The first-order valence-electron chi connectivity index (χ1n) is 5.83. The van der Waals surface area contributed by atoms with E-state index in [2.05, 4.69) is 5.43 Å². The number of nitrogens with one attached hydrogen (secondary N) is 1. The maximum absolute atomic E-state index is 13.5. The summed E-state index contributed by atoms with van der Waals surface area (Å²) in [5.41, 5.74) is 2.80. The molecule has 2 aromatic rings. The summed E-state index contributed by atoms with van der Waals surface area (Å²) in [5, 5.41) is 10.9. The van der Waals surface area contributed by atoms with Crippen molar-refractivity contribution in [3.8, 4) is 0 Å². The van der Waals surface area contributed by atoms with Crippen LogP contribution in [0.2, 0.25) is 0 Å². The van der Waals surface area contributed by atoms with E-state index in [1.165, 1.54) is 12.1 Å². The van der Waals surface area contributed by atoms with Crippen molar-refractivity contribution in [3.63, 3.8) is 0 Å². The Bertz CT molecular complexity index is 682. The fourth-order valence-corrected chi connectivity index (χ4v) is 2.72. The van der Waals surface area contributed by atoms with Crippen LogP contribution in [0.15, 0.2) is 41.3 Å². The molecule has 8 heteroatoms. The van der Waals surface area contributed by atoms with Gasteiger partial charge in [0.1, 0.15) is 17.3 Å². The summed E-state index contributed by atoms with van der Waals surface area (Å²) in [6, 6.07) is 7.59. The van der Waals surface area contributed by atoms with E-state index in [-0.39, 0.29) is 22.0 Å². The minimum atomic E-state index is -0.563. The standard InChI is InChI=1S/C13H11F2N3O2S/c14-9-4-5-10(15)12(6-9)21-7-8-2-1-3-11(18(19)20)13(8)17-16/h1-6,17H,7,16H2. The third kappa shape index (κ3) is 3.47. The molecule has 0 aliphatic rings. The molecule has 0 aliphatic carbocycles. The van der Waals surface area contributed by atoms with Gasteiger partial charge >= 0.3 is 0 Å². The Morgan fingerprint density at radius 3 is 2.71 bits per heavy atom. The Morgan fingerprint density at radius 2 is 2.05 bits per heavy atom. The number of nitrogens with zero attached hydrogens (tertiary/aromatic N) is 1. The highest BCUT2D eigenvalue weighted by Gasteiger charge is 2.17. The number of nitrogen functional groups attached to an aromatic ring is 1. The lowest BCUT2D eigenvalue weighted by Crippen LogP contribution is -2.11. The Balaban J connectivity index is 2.26. The highest BCUT2D eigenvalue weighted by Crippen LogP contribution is 2.33. The first-order chi connectivity index (χ1) is 10.0. The van der Waals surface area contributed by atoms with Gasteiger partial charge in [0.25, 0.3) is 5.69 Å². The van der Waals surface area contributed by atoms with E-state index in [9.17, 15) is 18.9 Å². The Labute approximate surface area is 123 Å². The predicted octanol–water partition coefficient (Wildman–Crippen LogP) is 3.45. The number of halogens is 2. The van der Waals surface area contributed by atoms with Crippen LogP contribution in [-0.4, -0.2) is 4.92 Å². The van der Waals surface area contributed by atoms with Gasteiger partial charge in [0.2, 0.25) is 0 Å². The maximum Gasteiger partial charge on any atom is 0.293 e. The van der Waals surface area contributed by atoms with E-state index in [4.69, 9.17) is 5.84 Å². The molecule has 0 atom stereocenters. The highest BCUT2D eigenvalue weighted by atomic mass is 32.2. The van der Waals surface area contributed by atoms with Crippen LogP contribution in [0.4, 0.5) is 20.2 Å². The van der Waals surface area contributed by atoms with E-state index in [0.29, 0.717) is 5.56 Å². The highest BCUT2D eigenvalue weighted by molar-refractivity contribution is 7.98. The molecule has 5 nitrogen and oxygen atoms in total. The summed E-state index contributed by atoms with van der Waals surface area (Å²) in [5.74, 6) is 4.43. The number of thioether (sulfide) groups is 1. The lowest BCUT2D eigenvalue weighted by molar-refractivity contribution is -0.384. The molecular weight excluding hydrogens is 300 g/mol. The van der Waals surface area contributed by atoms with Gasteiger partial charge in [-0.25, -0.2) is 8.78 Å². The first-order valence-corrected chi connectivity index (χ1v) is 6.82. The van der Waals surface area contributed by atoms with E-state index in [1.54, 1.807) is 6.07 Å². The lowest BCUT2D eigenvalue weighted by atomic mass is 10.2. The predicted molar refractivity (Wildman–Crippen MR) is 76.8 cm³/mol. The van der Waals surface area contributed by atoms with Crippen molar-refractivity contribution in [1.82, 2.24) is 0 Å². The summed E-state index contributed by atoms with van der Waals surface area (Å²) in [7, 11) is 0. The minimum absolute atomic E-state index is 0.129. The number of benzene rings is 2. The maximum atomic E-state index is 13.5. The minimum Gasteiger partial charge on any atom is -0.318 e. The van der Waals surface area contributed by atoms with Crippen molar-refractivity contribution in [1.29, 1.82) is 0 Å². The molecule has 0 aromatic heterocycles. The van der Waals surface area contributed by atoms with E-state index >= 15 is 0 Å². The van der Waals surface area contributed by atoms with Crippen LogP contribution in [0.1, 0.15) is 5.56 Å². The molecular formula is C13H11F2N3O2S. The van der Waals surface area contributed by atoms with Crippen LogP contribution in [-0.2, 0) is 5.75 Å². The summed E-state index contributed by atoms with van der Waals surface area (Å²) in [4.78, 5) is 10.5. The number of hydrogen-bond donors (Lipinski definition) is 2. The molecule has 0 aliphatic heterocycles. The van der Waals surface area contributed by atoms with Gasteiger partial charge in [-0.05, 0) is 23.8 Å². The lowest BCUT2D eigenvalue weighted by Gasteiger charge is -2.09. The van der Waals surface area contributed by atoms with Crippen LogP contribution in [0.3, 0.4) is 0 Å². The smallest absolute Gasteiger partial charge is 0.293 e. The summed E-state index contributed by atoms with van der Waals surface area (Å²) < 4.78 is 26.6. The number of nitrogens with two attached hydrogens (primary N) is 1. The quantitative estimate of drug-likeness (QED) is 0.382. The van der Waals surface area contributed by atoms with Crippen molar-refractivity contribution < 1.29 is 13.7 Å². The third-order valence-corrected chi connectivity index (χ3v) is 3.83. The van der Waals surface area contributed by atoms with Crippen molar-refractivity contribution in [2.24, 2.45) is 5.84 Å². The topological polar surface area (TPSA) is 81.2 Å². The zero-order chi connectivity index (χ0) is 15.4. The number of hydrazine groups is 1. The van der Waals surface area contributed by atoms with Crippen LogP contribution in [0.25, 0.3) is 0 Å². The largest absolute Gasteiger partial charge is 0.318 e. The molecule has 0 unspecified atom stereocenters. The zero-order valence-electron chi connectivity index (χ0n) is 10.7. The second-order valence-corrected chi connectivity index (χ2v) is 5.09. The van der Waals surface area contributed by atoms with Gasteiger partial charge in [-0.3, -0.25) is 16.0 Å². The Hall–Kier alpha value is -2.19. The molecule has 0 saturated carbocycles. The number of nitro groups is 1. The van der Waals surface area contributed by atoms with E-state index < -0.39 is 16.6 Å². The molecule has 2 rings (SSSR count). The summed E-state index contributed by atoms with van der Waals surface area (Å²) in [6.07, 6.45) is 0. The molecule has 0 saturated heterocycles. The molecule has 0 fully saturated rings. The Kier molecular flexibility index (Phi) is 4.71. The molecule has 0 radical (unpaired) electrons. The zero-order valence-corrected chi connectivity index (χ0v) is 11.5.